The molecule has 1 saturated carbocycles. The Kier molecular flexibility index (Phi) is 9.22. The summed E-state index contributed by atoms with van der Waals surface area (Å²) >= 11 is 0. The molecule has 11 heteroatoms. The number of carbonyl (C=O) groups is 2. The van der Waals surface area contributed by atoms with Crippen molar-refractivity contribution in [2.75, 3.05) is 26.8 Å². The van der Waals surface area contributed by atoms with Gasteiger partial charge >= 0.3 is 0 Å². The first-order chi connectivity index (χ1) is 20.9. The van der Waals surface area contributed by atoms with Crippen molar-refractivity contribution in [2.45, 2.75) is 82.6 Å². The van der Waals surface area contributed by atoms with Crippen LogP contribution in [0.3, 0.4) is 0 Å². The molecule has 43 heavy (non-hydrogen) atoms. The van der Waals surface area contributed by atoms with Crippen LogP contribution in [0.2, 0.25) is 0 Å². The summed E-state index contributed by atoms with van der Waals surface area (Å²) in [4.78, 5) is 39.3. The van der Waals surface area contributed by atoms with Crippen molar-refractivity contribution in [3.8, 4) is 5.75 Å². The highest BCUT2D eigenvalue weighted by Crippen LogP contribution is 2.40. The van der Waals surface area contributed by atoms with Crippen LogP contribution in [0.5, 0.6) is 5.75 Å². The van der Waals surface area contributed by atoms with Crippen molar-refractivity contribution >= 4 is 11.8 Å². The maximum Gasteiger partial charge on any atom is 0.263 e. The van der Waals surface area contributed by atoms with Gasteiger partial charge in [0.2, 0.25) is 5.91 Å². The Morgan fingerprint density at radius 3 is 2.84 bits per heavy atom. The maximum absolute atomic E-state index is 15.0. The molecule has 4 aliphatic rings. The van der Waals surface area contributed by atoms with E-state index in [9.17, 15) is 14.0 Å². The number of hydrogen-bond donors (Lipinski definition) is 3. The second-order valence-electron chi connectivity index (χ2n) is 12.4. The van der Waals surface area contributed by atoms with Crippen molar-refractivity contribution in [1.82, 2.24) is 31.1 Å². The van der Waals surface area contributed by atoms with E-state index < -0.39 is 6.04 Å². The Labute approximate surface area is 252 Å². The van der Waals surface area contributed by atoms with Gasteiger partial charge in [-0.3, -0.25) is 29.7 Å². The van der Waals surface area contributed by atoms with E-state index in [1.54, 1.807) is 12.1 Å². The highest BCUT2D eigenvalue weighted by Gasteiger charge is 2.44. The monoisotopic (exact) mass is 594 g/mol. The van der Waals surface area contributed by atoms with E-state index in [2.05, 4.69) is 27.2 Å². The zero-order chi connectivity index (χ0) is 29.9. The number of aryl methyl sites for hydroxylation is 1. The van der Waals surface area contributed by atoms with Crippen molar-refractivity contribution in [3.05, 3.63) is 59.2 Å². The molecule has 3 aliphatic heterocycles. The van der Waals surface area contributed by atoms with Crippen LogP contribution < -0.4 is 20.9 Å². The predicted octanol–water partition coefficient (Wildman–Crippen LogP) is 3.17. The van der Waals surface area contributed by atoms with E-state index in [4.69, 9.17) is 9.57 Å². The first-order valence-corrected chi connectivity index (χ1v) is 15.6. The van der Waals surface area contributed by atoms with Gasteiger partial charge in [0.05, 0.1) is 25.8 Å². The number of amides is 2. The first-order valence-electron chi connectivity index (χ1n) is 15.6. The van der Waals surface area contributed by atoms with Gasteiger partial charge in [0.15, 0.2) is 0 Å². The first kappa shape index (κ1) is 29.9. The van der Waals surface area contributed by atoms with E-state index in [0.29, 0.717) is 55.8 Å². The van der Waals surface area contributed by atoms with Gasteiger partial charge in [-0.25, -0.2) is 14.9 Å². The number of hydroxylamine groups is 2. The van der Waals surface area contributed by atoms with Crippen LogP contribution in [-0.4, -0.2) is 71.7 Å². The van der Waals surface area contributed by atoms with Crippen LogP contribution in [0, 0.1) is 24.6 Å². The average Bonchev–Trinajstić information content (AvgIpc) is 3.46. The van der Waals surface area contributed by atoms with Gasteiger partial charge in [-0.1, -0.05) is 6.07 Å². The van der Waals surface area contributed by atoms with Gasteiger partial charge in [-0.2, -0.15) is 0 Å². The van der Waals surface area contributed by atoms with Gasteiger partial charge in [-0.15, -0.1) is 0 Å². The number of rotatable bonds is 7. The molecule has 3 saturated heterocycles. The van der Waals surface area contributed by atoms with Crippen molar-refractivity contribution in [1.29, 1.82) is 0 Å². The summed E-state index contributed by atoms with van der Waals surface area (Å²) in [7, 11) is 1.52. The van der Waals surface area contributed by atoms with Crippen LogP contribution in [0.15, 0.2) is 36.5 Å². The third kappa shape index (κ3) is 6.55. The van der Waals surface area contributed by atoms with E-state index in [1.807, 2.05) is 24.1 Å². The zero-order valence-electron chi connectivity index (χ0n) is 25.1. The predicted molar refractivity (Wildman–Crippen MR) is 158 cm³/mol. The molecule has 2 amide bonds. The van der Waals surface area contributed by atoms with E-state index >= 15 is 0 Å². The molecule has 0 radical (unpaired) electrons. The standard InChI is InChI=1S/C32H43FN6O4/c1-20-16-21(12-13-34-20)30-24-17-22(8-10-27(24)36-37-30)31(40)35-23-9-11-28(32(41)39-14-3-4-15-43-39)38(18-23)19-25-26(33)6-5-7-29(25)42-2/h5-7,12-13,16,22-24,27-28,30,36-37H,3-4,8-11,14-15,17-19H2,1-2H3,(H,35,40)/t22?,23-,24?,27?,28+,30?/m1/s1. The number of hydrazine groups is 1. The lowest BCUT2D eigenvalue weighted by molar-refractivity contribution is -0.203. The molecule has 3 N–H and O–H groups in total. The molecule has 6 atom stereocenters. The fourth-order valence-corrected chi connectivity index (χ4v) is 7.34. The fraction of sp³-hybridized carbons (Fsp3) is 0.594. The van der Waals surface area contributed by atoms with Crippen molar-refractivity contribution < 1.29 is 23.6 Å². The summed E-state index contributed by atoms with van der Waals surface area (Å²) in [6, 6.07) is 8.76. The van der Waals surface area contributed by atoms with Crippen LogP contribution in [-0.2, 0) is 21.0 Å². The number of fused-ring (bicyclic) bond motifs is 1. The number of benzene rings is 1. The van der Waals surface area contributed by atoms with Crippen LogP contribution in [0.4, 0.5) is 4.39 Å². The summed E-state index contributed by atoms with van der Waals surface area (Å²) in [6.45, 7) is 3.71. The molecule has 1 aromatic heterocycles. The lowest BCUT2D eigenvalue weighted by atomic mass is 9.74. The zero-order valence-corrected chi connectivity index (χ0v) is 25.1. The SMILES string of the molecule is COc1cccc(F)c1CN1C[C@H](NC(=O)C2CCC3NNC(c4ccnc(C)c4)C3C2)CC[C@H]1C(=O)N1CCCCO1. The Bertz CT molecular complexity index is 1310. The molecule has 0 bridgehead atoms. The van der Waals surface area contributed by atoms with Gasteiger partial charge in [-0.05, 0) is 87.6 Å². The third-order valence-corrected chi connectivity index (χ3v) is 9.62. The molecule has 232 valence electrons. The summed E-state index contributed by atoms with van der Waals surface area (Å²) in [6.07, 6.45) is 7.42. The molecule has 2 aromatic rings. The average molecular weight is 595 g/mol. The van der Waals surface area contributed by atoms with Crippen LogP contribution in [0.25, 0.3) is 0 Å². The number of piperidine rings is 1. The minimum Gasteiger partial charge on any atom is -0.496 e. The fourth-order valence-electron chi connectivity index (χ4n) is 7.34. The molecule has 4 fully saturated rings. The van der Waals surface area contributed by atoms with Crippen molar-refractivity contribution in [2.24, 2.45) is 11.8 Å². The van der Waals surface area contributed by atoms with Gasteiger partial charge in [0, 0.05) is 55.1 Å². The molecule has 6 rings (SSSR count). The maximum atomic E-state index is 15.0. The molecule has 10 nitrogen and oxygen atoms in total. The lowest BCUT2D eigenvalue weighted by Gasteiger charge is -2.42. The number of likely N-dealkylation sites (tertiary alicyclic amines) is 1. The molecule has 1 aliphatic carbocycles. The summed E-state index contributed by atoms with van der Waals surface area (Å²) in [5.41, 5.74) is 9.50. The largest absolute Gasteiger partial charge is 0.496 e. The minimum atomic E-state index is -0.466. The molecule has 4 heterocycles. The lowest BCUT2D eigenvalue weighted by Crippen LogP contribution is -2.57. The van der Waals surface area contributed by atoms with Gasteiger partial charge < -0.3 is 10.1 Å². The molecule has 4 unspecified atom stereocenters. The van der Waals surface area contributed by atoms with Crippen LogP contribution >= 0.6 is 0 Å². The van der Waals surface area contributed by atoms with E-state index in [-0.39, 0.29) is 42.2 Å². The number of ether oxygens (including phenoxy) is 1. The number of hydrogen-bond acceptors (Lipinski definition) is 8. The number of methoxy groups -OCH3 is 1. The highest BCUT2D eigenvalue weighted by atomic mass is 19.1. The summed E-state index contributed by atoms with van der Waals surface area (Å²) < 4.78 is 20.5. The van der Waals surface area contributed by atoms with E-state index in [0.717, 1.165) is 37.8 Å². The Balaban J connectivity index is 1.14. The second-order valence-corrected chi connectivity index (χ2v) is 12.4. The number of carbonyl (C=O) groups excluding carboxylic acids is 2. The highest BCUT2D eigenvalue weighted by molar-refractivity contribution is 5.81. The molecule has 0 spiro atoms. The normalized spacial score (nSPS) is 29.6. The Morgan fingerprint density at radius 2 is 2.05 bits per heavy atom. The Morgan fingerprint density at radius 1 is 1.16 bits per heavy atom. The number of pyridine rings is 1. The molecule has 1 aromatic carbocycles. The Hall–Kier alpha value is -3.12. The molecular formula is C32H43FN6O4. The molecular weight excluding hydrogens is 551 g/mol. The third-order valence-electron chi connectivity index (χ3n) is 9.62. The number of halogens is 1. The smallest absolute Gasteiger partial charge is 0.263 e. The quantitative estimate of drug-likeness (QED) is 0.449. The van der Waals surface area contributed by atoms with Gasteiger partial charge in [0.25, 0.3) is 5.91 Å². The topological polar surface area (TPSA) is 108 Å². The number of nitrogens with zero attached hydrogens (tertiary/aromatic N) is 3. The van der Waals surface area contributed by atoms with Gasteiger partial charge in [0.1, 0.15) is 11.6 Å². The minimum absolute atomic E-state index is 0.0626. The summed E-state index contributed by atoms with van der Waals surface area (Å²) in [5.74, 6) is 0.245. The number of aromatic nitrogens is 1. The summed E-state index contributed by atoms with van der Waals surface area (Å²) in [5, 5.41) is 4.79. The second kappa shape index (κ2) is 13.3. The van der Waals surface area contributed by atoms with Crippen molar-refractivity contribution in [3.63, 3.8) is 0 Å². The number of nitrogens with one attached hydrogen (secondary N) is 3. The van der Waals surface area contributed by atoms with Crippen LogP contribution in [0.1, 0.15) is 67.8 Å². The van der Waals surface area contributed by atoms with E-state index in [1.165, 1.54) is 23.8 Å².